The van der Waals surface area contributed by atoms with E-state index in [1.54, 1.807) is 13.0 Å². The van der Waals surface area contributed by atoms with Crippen molar-refractivity contribution in [2.45, 2.75) is 102 Å². The molecule has 3 atom stereocenters. The van der Waals surface area contributed by atoms with Crippen molar-refractivity contribution < 1.29 is 47.2 Å². The number of anilines is 2. The van der Waals surface area contributed by atoms with Crippen LogP contribution < -0.4 is 24.6 Å². The number of hydrogen-bond acceptors (Lipinski definition) is 14. The summed E-state index contributed by atoms with van der Waals surface area (Å²) >= 11 is 0. The van der Waals surface area contributed by atoms with Crippen LogP contribution in [0.5, 0.6) is 17.5 Å². The van der Waals surface area contributed by atoms with Crippen molar-refractivity contribution in [3.63, 3.8) is 0 Å². The van der Waals surface area contributed by atoms with Gasteiger partial charge in [-0.2, -0.15) is 9.97 Å². The number of halogens is 3. The number of imide groups is 1. The minimum atomic E-state index is -1.23. The first-order valence-electron chi connectivity index (χ1n) is 26.5. The van der Waals surface area contributed by atoms with E-state index in [2.05, 4.69) is 30.0 Å². The van der Waals surface area contributed by atoms with Gasteiger partial charge in [0.05, 0.1) is 29.4 Å². The molecule has 2 unspecified atom stereocenters. The van der Waals surface area contributed by atoms with Gasteiger partial charge >= 0.3 is 12.0 Å². The van der Waals surface area contributed by atoms with Gasteiger partial charge in [-0.1, -0.05) is 19.1 Å². The molecular weight excluding hydrogens is 954 g/mol. The molecule has 3 aromatic carbocycles. The van der Waals surface area contributed by atoms with Gasteiger partial charge < -0.3 is 34.4 Å². The van der Waals surface area contributed by atoms with E-state index < -0.39 is 46.6 Å². The highest BCUT2D eigenvalue weighted by atomic mass is 19.1. The first-order chi connectivity index (χ1) is 35.5. The van der Waals surface area contributed by atoms with Crippen LogP contribution in [-0.2, 0) is 20.8 Å². The van der Waals surface area contributed by atoms with Crippen molar-refractivity contribution in [2.24, 2.45) is 16.7 Å². The van der Waals surface area contributed by atoms with Crippen molar-refractivity contribution in [2.75, 3.05) is 81.9 Å². The molecule has 5 aliphatic heterocycles. The molecule has 2 amide bonds. The number of aromatic hydroxyl groups is 1. The van der Waals surface area contributed by atoms with Crippen molar-refractivity contribution in [1.82, 2.24) is 30.1 Å². The van der Waals surface area contributed by atoms with E-state index in [9.17, 15) is 24.6 Å². The molecule has 3 N–H and O–H groups in total. The van der Waals surface area contributed by atoms with Gasteiger partial charge in [0.25, 0.3) is 0 Å². The van der Waals surface area contributed by atoms with E-state index in [0.29, 0.717) is 123 Å². The van der Waals surface area contributed by atoms with Crippen molar-refractivity contribution in [3.05, 3.63) is 71.4 Å². The van der Waals surface area contributed by atoms with Crippen LogP contribution in [0.25, 0.3) is 32.9 Å². The summed E-state index contributed by atoms with van der Waals surface area (Å²) in [5, 5.41) is 25.6. The number of hydrogen-bond donors (Lipinski definition) is 3. The average molecular weight is 1020 g/mol. The van der Waals surface area contributed by atoms with Gasteiger partial charge in [0.1, 0.15) is 40.0 Å². The molecule has 0 bridgehead atoms. The number of phenols is 1. The van der Waals surface area contributed by atoms with Gasteiger partial charge in [0.2, 0.25) is 11.8 Å². The van der Waals surface area contributed by atoms with Crippen LogP contribution in [-0.4, -0.2) is 136 Å². The van der Waals surface area contributed by atoms with E-state index in [1.807, 2.05) is 30.0 Å². The highest BCUT2D eigenvalue weighted by Gasteiger charge is 2.57. The van der Waals surface area contributed by atoms with Crippen LogP contribution in [0.1, 0.15) is 95.1 Å². The second kappa shape index (κ2) is 18.3. The maximum Gasteiger partial charge on any atom is 0.319 e. The highest BCUT2D eigenvalue weighted by Crippen LogP contribution is 2.58. The van der Waals surface area contributed by atoms with Gasteiger partial charge in [-0.3, -0.25) is 29.6 Å². The van der Waals surface area contributed by atoms with E-state index in [-0.39, 0.29) is 58.2 Å². The van der Waals surface area contributed by atoms with Crippen LogP contribution in [0.3, 0.4) is 0 Å². The van der Waals surface area contributed by atoms with Crippen molar-refractivity contribution in [1.29, 1.82) is 0 Å². The molecule has 15 nitrogen and oxygen atoms in total. The maximum atomic E-state index is 17.2. The molecule has 7 heterocycles. The fourth-order valence-electron chi connectivity index (χ4n) is 13.4. The molecule has 2 aromatic heterocycles. The summed E-state index contributed by atoms with van der Waals surface area (Å²) in [6.07, 6.45) is 8.58. The summed E-state index contributed by atoms with van der Waals surface area (Å²) in [5.41, 5.74) is -0.209. The Bertz CT molecular complexity index is 3090. The van der Waals surface area contributed by atoms with E-state index in [0.717, 1.165) is 51.0 Å². The Morgan fingerprint density at radius 1 is 0.892 bits per heavy atom. The molecule has 6 fully saturated rings. The lowest BCUT2D eigenvalue weighted by Gasteiger charge is -2.57. The number of carbonyl (C=O) groups excluding carboxylic acids is 3. The van der Waals surface area contributed by atoms with Crippen LogP contribution >= 0.6 is 0 Å². The number of nitrogens with zero attached hydrogens (tertiary/aromatic N) is 7. The van der Waals surface area contributed by atoms with Crippen LogP contribution in [0.2, 0.25) is 0 Å². The SMILES string of the molecule is CCc1c(F)ccc2cc(O)cc(-c3ncc4c(N5CCC[C@@](C)(O)C5)nc(OCC5(CN6CCC7(CC6)CC(F)(CN6CCN(c8ccc9c(c8)OC(=O)C9C8CCC(=O)NC8=O)CC6)C7)CC5)nc4c3F)c12. The van der Waals surface area contributed by atoms with E-state index in [1.165, 1.54) is 24.4 Å². The zero-order valence-electron chi connectivity index (χ0n) is 42.0. The summed E-state index contributed by atoms with van der Waals surface area (Å²) in [6.45, 7) is 10.6. The molecule has 390 valence electrons. The Balaban J connectivity index is 0.671. The highest BCUT2D eigenvalue weighted by molar-refractivity contribution is 6.03. The summed E-state index contributed by atoms with van der Waals surface area (Å²) in [6, 6.07) is 11.5. The largest absolute Gasteiger partial charge is 0.508 e. The van der Waals surface area contributed by atoms with Crippen LogP contribution in [0.15, 0.2) is 48.7 Å². The summed E-state index contributed by atoms with van der Waals surface area (Å²) in [5.74, 6) is -3.01. The summed E-state index contributed by atoms with van der Waals surface area (Å²) in [7, 11) is 0. The second-order valence-corrected chi connectivity index (χ2v) is 23.0. The second-order valence-electron chi connectivity index (χ2n) is 23.0. The smallest absolute Gasteiger partial charge is 0.319 e. The minimum Gasteiger partial charge on any atom is -0.508 e. The van der Waals surface area contributed by atoms with Crippen LogP contribution in [0.4, 0.5) is 24.7 Å². The number of aromatic nitrogens is 3. The number of rotatable bonds is 12. The Hall–Kier alpha value is -6.11. The number of aryl methyl sites for hydroxylation is 1. The third-order valence-corrected chi connectivity index (χ3v) is 17.4. The maximum absolute atomic E-state index is 17.2. The molecule has 18 heteroatoms. The quantitative estimate of drug-likeness (QED) is 0.0643. The van der Waals surface area contributed by atoms with Gasteiger partial charge in [-0.05, 0) is 130 Å². The Kier molecular flexibility index (Phi) is 12.1. The molecule has 2 aliphatic carbocycles. The Labute approximate surface area is 427 Å². The Morgan fingerprint density at radius 3 is 2.39 bits per heavy atom. The molecular formula is C56H63F3N8O7. The number of nitrogens with one attached hydrogen (secondary N) is 1. The Morgan fingerprint density at radius 2 is 1.66 bits per heavy atom. The van der Waals surface area contributed by atoms with Gasteiger partial charge in [0, 0.05) is 93.3 Å². The third kappa shape index (κ3) is 9.07. The summed E-state index contributed by atoms with van der Waals surface area (Å²) in [4.78, 5) is 60.1. The zero-order valence-corrected chi connectivity index (χ0v) is 42.0. The van der Waals surface area contributed by atoms with Gasteiger partial charge in [-0.25, -0.2) is 13.2 Å². The molecule has 5 aromatic rings. The predicted octanol–water partition coefficient (Wildman–Crippen LogP) is 7.36. The number of fused-ring (bicyclic) bond motifs is 3. The fraction of sp³-hybridized carbons (Fsp3) is 0.536. The number of likely N-dealkylation sites (tertiary alicyclic amines) is 1. The lowest BCUT2D eigenvalue weighted by Crippen LogP contribution is -2.60. The number of amides is 2. The average Bonchev–Trinajstić information content (AvgIpc) is 4.06. The summed E-state index contributed by atoms with van der Waals surface area (Å²) < 4.78 is 60.9. The normalized spacial score (nSPS) is 25.5. The molecule has 74 heavy (non-hydrogen) atoms. The number of piperidine rings is 3. The van der Waals surface area contributed by atoms with E-state index in [4.69, 9.17) is 14.5 Å². The molecule has 7 aliphatic rings. The minimum absolute atomic E-state index is 0.00288. The first kappa shape index (κ1) is 48.8. The third-order valence-electron chi connectivity index (χ3n) is 17.4. The lowest BCUT2D eigenvalue weighted by molar-refractivity contribution is -0.143. The molecule has 4 saturated heterocycles. The van der Waals surface area contributed by atoms with Gasteiger partial charge in [-0.15, -0.1) is 0 Å². The molecule has 2 saturated carbocycles. The number of β-amino-alcohol motifs (C(OH)–C–C–N with tert-alkyl or cyclic N) is 1. The molecule has 12 rings (SSSR count). The standard InChI is InChI=1S/C56H63F3N8O7/c1-3-36-41(57)9-5-33-23-35(68)25-39(44(33)36)47-46(58)48-40(26-60-47)49(67-16-4-11-53(2,72)29-67)63-52(62-48)73-32-55(12-13-55)30-64-17-14-54(15-18-64)27-56(59,28-54)31-65-19-21-66(22-20-65)34-6-7-37-42(24-34)74-51(71)45(37)38-8-10-43(69)61-50(38)70/h5-7,9,23-26,38,45,68,72H,3-4,8,10-22,27-32H2,1-2H3,(H,61,69,70)/t38?,45?,53-/m1/s1. The molecule has 1 spiro atoms. The molecule has 0 radical (unpaired) electrons. The number of esters is 1. The number of ether oxygens (including phenoxy) is 2. The zero-order chi connectivity index (χ0) is 51.3. The number of piperazine rings is 1. The van der Waals surface area contributed by atoms with Gasteiger partial charge in [0.15, 0.2) is 5.82 Å². The topological polar surface area (TPSA) is 174 Å². The predicted molar refractivity (Wildman–Crippen MR) is 271 cm³/mol. The number of alkyl halides is 1. The van der Waals surface area contributed by atoms with Crippen molar-refractivity contribution in [3.8, 4) is 28.8 Å². The van der Waals surface area contributed by atoms with E-state index >= 15 is 13.2 Å². The number of pyridine rings is 1. The number of benzene rings is 3. The number of carbonyl (C=O) groups is 3. The fourth-order valence-corrected chi connectivity index (χ4v) is 13.4. The monoisotopic (exact) mass is 1020 g/mol. The van der Waals surface area contributed by atoms with Crippen LogP contribution in [0, 0.1) is 28.4 Å². The lowest BCUT2D eigenvalue weighted by atomic mass is 9.55. The number of phenolic OH excluding ortho intramolecular Hbond substituents is 1. The van der Waals surface area contributed by atoms with Crippen molar-refractivity contribution >= 4 is 51.0 Å². The first-order valence-corrected chi connectivity index (χ1v) is 26.5. The number of aliphatic hydroxyl groups is 1.